The molecule has 0 radical (unpaired) electrons. The van der Waals surface area contributed by atoms with Crippen molar-refractivity contribution in [2.45, 2.75) is 91.0 Å². The Balaban J connectivity index is 1.92. The quantitative estimate of drug-likeness (QED) is 0.539. The molecular formula is C26H38N4O5. The van der Waals surface area contributed by atoms with Crippen LogP contribution in [0.5, 0.6) is 0 Å². The molecule has 9 heteroatoms. The van der Waals surface area contributed by atoms with Crippen LogP contribution in [0.1, 0.15) is 82.6 Å². The molecule has 1 amide bonds. The fraction of sp³-hybridized carbons (Fsp3) is 0.615. The molecule has 192 valence electrons. The molecule has 0 saturated heterocycles. The van der Waals surface area contributed by atoms with Crippen molar-refractivity contribution in [3.05, 3.63) is 29.6 Å². The van der Waals surface area contributed by atoms with Crippen LogP contribution in [0.15, 0.2) is 18.5 Å². The highest BCUT2D eigenvalue weighted by Crippen LogP contribution is 2.26. The topological polar surface area (TPSA) is 112 Å². The Kier molecular flexibility index (Phi) is 8.53. The number of nitrogens with zero attached hydrogens (tertiary/aromatic N) is 2. The van der Waals surface area contributed by atoms with E-state index in [1.165, 1.54) is 17.9 Å². The number of ether oxygens (including phenoxy) is 2. The molecule has 1 aliphatic rings. The van der Waals surface area contributed by atoms with Gasteiger partial charge in [0.25, 0.3) is 0 Å². The smallest absolute Gasteiger partial charge is 0.420 e. The normalized spacial score (nSPS) is 16.2. The summed E-state index contributed by atoms with van der Waals surface area (Å²) in [6, 6.07) is 1.62. The van der Waals surface area contributed by atoms with Crippen molar-refractivity contribution in [1.82, 2.24) is 20.2 Å². The van der Waals surface area contributed by atoms with E-state index in [0.29, 0.717) is 17.6 Å². The zero-order valence-corrected chi connectivity index (χ0v) is 21.6. The van der Waals surface area contributed by atoms with Gasteiger partial charge in [-0.05, 0) is 51.2 Å². The van der Waals surface area contributed by atoms with Gasteiger partial charge in [0.15, 0.2) is 5.65 Å². The van der Waals surface area contributed by atoms with Crippen molar-refractivity contribution in [2.24, 2.45) is 5.92 Å². The highest BCUT2D eigenvalue weighted by atomic mass is 16.6. The van der Waals surface area contributed by atoms with Crippen LogP contribution in [-0.2, 0) is 20.8 Å². The third kappa shape index (κ3) is 6.39. The van der Waals surface area contributed by atoms with Crippen molar-refractivity contribution in [3.63, 3.8) is 0 Å². The molecule has 3 rings (SSSR count). The van der Waals surface area contributed by atoms with E-state index >= 15 is 0 Å². The van der Waals surface area contributed by atoms with Crippen LogP contribution < -0.4 is 10.6 Å². The van der Waals surface area contributed by atoms with Crippen LogP contribution in [0.3, 0.4) is 0 Å². The Morgan fingerprint density at radius 3 is 2.51 bits per heavy atom. The SMILES string of the molecule is CC[C@@H](C)[C@@H](NCc1ccnc2c1c(C(=O)OC)cn2C(=O)OC(C)(C)C)C(=O)NC1CCCC1. The Hall–Kier alpha value is -2.94. The standard InChI is InChI=1S/C26H38N4O5/c1-7-16(2)21(23(31)29-18-10-8-9-11-18)28-14-17-12-13-27-22-20(17)19(24(32)34-6)15-30(22)25(33)35-26(3,4)5/h12-13,15-16,18,21,28H,7-11,14H2,1-6H3,(H,29,31)/t16-,21-/m1/s1. The average molecular weight is 487 g/mol. The molecule has 0 spiro atoms. The molecule has 1 aliphatic carbocycles. The molecule has 35 heavy (non-hydrogen) atoms. The summed E-state index contributed by atoms with van der Waals surface area (Å²) in [4.78, 5) is 42.9. The summed E-state index contributed by atoms with van der Waals surface area (Å²) in [5.41, 5.74) is 0.539. The average Bonchev–Trinajstić information content (AvgIpc) is 3.45. The minimum atomic E-state index is -0.714. The van der Waals surface area contributed by atoms with Crippen molar-refractivity contribution in [1.29, 1.82) is 0 Å². The third-order valence-corrected chi connectivity index (χ3v) is 6.48. The van der Waals surface area contributed by atoms with Crippen molar-refractivity contribution in [3.8, 4) is 0 Å². The molecule has 1 fully saturated rings. The fourth-order valence-electron chi connectivity index (χ4n) is 4.45. The third-order valence-electron chi connectivity index (χ3n) is 6.48. The maximum atomic E-state index is 13.1. The minimum absolute atomic E-state index is 0.00364. The van der Waals surface area contributed by atoms with Gasteiger partial charge in [-0.1, -0.05) is 33.1 Å². The maximum absolute atomic E-state index is 13.1. The van der Waals surface area contributed by atoms with Crippen molar-refractivity contribution in [2.75, 3.05) is 7.11 Å². The van der Waals surface area contributed by atoms with Gasteiger partial charge < -0.3 is 20.1 Å². The summed E-state index contributed by atoms with van der Waals surface area (Å²) in [5.74, 6) is -0.472. The highest BCUT2D eigenvalue weighted by molar-refractivity contribution is 6.06. The predicted octanol–water partition coefficient (Wildman–Crippen LogP) is 4.17. The number of aromatic nitrogens is 2. The number of rotatable bonds is 8. The predicted molar refractivity (Wildman–Crippen MR) is 133 cm³/mol. The van der Waals surface area contributed by atoms with E-state index in [1.807, 2.05) is 6.92 Å². The number of carbonyl (C=O) groups excluding carboxylic acids is 3. The number of hydrogen-bond acceptors (Lipinski definition) is 7. The summed E-state index contributed by atoms with van der Waals surface area (Å²) in [7, 11) is 1.29. The highest BCUT2D eigenvalue weighted by Gasteiger charge is 2.29. The molecule has 0 unspecified atom stereocenters. The van der Waals surface area contributed by atoms with Gasteiger partial charge in [-0.15, -0.1) is 0 Å². The Bertz CT molecular complexity index is 1070. The van der Waals surface area contributed by atoms with Crippen molar-refractivity contribution < 1.29 is 23.9 Å². The van der Waals surface area contributed by atoms with E-state index in [1.54, 1.807) is 33.0 Å². The maximum Gasteiger partial charge on any atom is 0.420 e. The molecule has 9 nitrogen and oxygen atoms in total. The molecular weight excluding hydrogens is 448 g/mol. The number of carbonyl (C=O) groups is 3. The van der Waals surface area contributed by atoms with Crippen LogP contribution >= 0.6 is 0 Å². The lowest BCUT2D eigenvalue weighted by Crippen LogP contribution is -2.50. The first-order chi connectivity index (χ1) is 16.6. The summed E-state index contributed by atoms with van der Waals surface area (Å²) in [6.07, 6.45) is 7.51. The second kappa shape index (κ2) is 11.2. The first-order valence-corrected chi connectivity index (χ1v) is 12.4. The van der Waals surface area contributed by atoms with Gasteiger partial charge in [0.05, 0.1) is 18.7 Å². The first-order valence-electron chi connectivity index (χ1n) is 12.4. The Morgan fingerprint density at radius 2 is 1.91 bits per heavy atom. The van der Waals surface area contributed by atoms with E-state index < -0.39 is 23.7 Å². The summed E-state index contributed by atoms with van der Waals surface area (Å²) in [5, 5.41) is 7.09. The summed E-state index contributed by atoms with van der Waals surface area (Å²) >= 11 is 0. The van der Waals surface area contributed by atoms with Gasteiger partial charge >= 0.3 is 12.1 Å². The van der Waals surface area contributed by atoms with Crippen LogP contribution in [-0.4, -0.2) is 52.3 Å². The molecule has 2 aromatic rings. The van der Waals surface area contributed by atoms with Gasteiger partial charge in [-0.2, -0.15) is 0 Å². The van der Waals surface area contributed by atoms with Gasteiger partial charge in [-0.25, -0.2) is 19.1 Å². The van der Waals surface area contributed by atoms with Crippen molar-refractivity contribution >= 4 is 29.0 Å². The van der Waals surface area contributed by atoms with E-state index in [9.17, 15) is 14.4 Å². The molecule has 2 heterocycles. The molecule has 2 N–H and O–H groups in total. The molecule has 1 saturated carbocycles. The lowest BCUT2D eigenvalue weighted by Gasteiger charge is -2.25. The fourth-order valence-corrected chi connectivity index (χ4v) is 4.45. The number of fused-ring (bicyclic) bond motifs is 1. The molecule has 0 aliphatic heterocycles. The number of esters is 1. The molecule has 2 atom stereocenters. The lowest BCUT2D eigenvalue weighted by atomic mass is 9.97. The van der Waals surface area contributed by atoms with E-state index in [0.717, 1.165) is 37.7 Å². The summed E-state index contributed by atoms with van der Waals surface area (Å²) < 4.78 is 11.7. The zero-order chi connectivity index (χ0) is 25.8. The largest absolute Gasteiger partial charge is 0.465 e. The van der Waals surface area contributed by atoms with E-state index in [4.69, 9.17) is 9.47 Å². The molecule has 0 bridgehead atoms. The number of pyridine rings is 1. The summed E-state index contributed by atoms with van der Waals surface area (Å²) in [6.45, 7) is 9.73. The number of methoxy groups -OCH3 is 1. The monoisotopic (exact) mass is 486 g/mol. The van der Waals surface area contributed by atoms with Gasteiger partial charge in [0.1, 0.15) is 5.60 Å². The van der Waals surface area contributed by atoms with Crippen LogP contribution in [0.4, 0.5) is 4.79 Å². The van der Waals surface area contributed by atoms with Crippen LogP contribution in [0.25, 0.3) is 11.0 Å². The minimum Gasteiger partial charge on any atom is -0.465 e. The second-order valence-corrected chi connectivity index (χ2v) is 10.3. The Morgan fingerprint density at radius 1 is 1.23 bits per heavy atom. The first kappa shape index (κ1) is 26.7. The van der Waals surface area contributed by atoms with E-state index in [2.05, 4.69) is 22.5 Å². The van der Waals surface area contributed by atoms with E-state index in [-0.39, 0.29) is 23.4 Å². The molecule has 0 aromatic carbocycles. The second-order valence-electron chi connectivity index (χ2n) is 10.3. The molecule has 2 aromatic heterocycles. The van der Waals surface area contributed by atoms with Gasteiger partial charge in [0, 0.05) is 30.4 Å². The Labute approximate surface area is 206 Å². The van der Waals surface area contributed by atoms with Crippen LogP contribution in [0.2, 0.25) is 0 Å². The number of nitrogens with one attached hydrogen (secondary N) is 2. The van der Waals surface area contributed by atoms with Crippen LogP contribution in [0, 0.1) is 5.92 Å². The number of hydrogen-bond donors (Lipinski definition) is 2. The van der Waals surface area contributed by atoms with Gasteiger partial charge in [0.2, 0.25) is 5.91 Å². The lowest BCUT2D eigenvalue weighted by molar-refractivity contribution is -0.125. The number of amides is 1. The zero-order valence-electron chi connectivity index (χ0n) is 21.6. The van der Waals surface area contributed by atoms with Gasteiger partial charge in [-0.3, -0.25) is 4.79 Å².